The Morgan fingerprint density at radius 3 is 1.84 bits per heavy atom. The van der Waals surface area contributed by atoms with Crippen LogP contribution in [0, 0.1) is 6.07 Å². The second-order valence-corrected chi connectivity index (χ2v) is 16.6. The van der Waals surface area contributed by atoms with Crippen LogP contribution in [0.1, 0.15) is 79.0 Å². The van der Waals surface area contributed by atoms with Crippen LogP contribution in [0.2, 0.25) is 0 Å². The summed E-state index contributed by atoms with van der Waals surface area (Å²) in [6.07, 6.45) is 2.02. The van der Waals surface area contributed by atoms with Crippen LogP contribution in [0.15, 0.2) is 109 Å². The Balaban J connectivity index is 0.00000448. The van der Waals surface area contributed by atoms with Gasteiger partial charge in [-0.2, -0.15) is 0 Å². The van der Waals surface area contributed by atoms with Crippen molar-refractivity contribution in [1.29, 1.82) is 0 Å². The number of hydrogen-bond donors (Lipinski definition) is 1. The van der Waals surface area contributed by atoms with Crippen LogP contribution in [0.5, 0.6) is 5.75 Å². The van der Waals surface area contributed by atoms with Gasteiger partial charge < -0.3 is 9.67 Å². The van der Waals surface area contributed by atoms with Gasteiger partial charge in [0.15, 0.2) is 0 Å². The van der Waals surface area contributed by atoms with Crippen molar-refractivity contribution in [3.8, 4) is 45.1 Å². The summed E-state index contributed by atoms with van der Waals surface area (Å²) in [7, 11) is 0. The second-order valence-electron chi connectivity index (χ2n) is 16.6. The third-order valence-electron chi connectivity index (χ3n) is 9.71. The van der Waals surface area contributed by atoms with E-state index in [4.69, 9.17) is 9.97 Å². The molecule has 0 atom stereocenters. The van der Waals surface area contributed by atoms with Crippen molar-refractivity contribution in [1.82, 2.24) is 14.5 Å². The maximum atomic E-state index is 10.9. The third kappa shape index (κ3) is 6.91. The van der Waals surface area contributed by atoms with E-state index in [2.05, 4.69) is 140 Å². The number of phenols is 1. The maximum Gasteiger partial charge on any atom is 0.123 e. The minimum absolute atomic E-state index is 0. The molecule has 0 bridgehead atoms. The standard InChI is InChI=1S/C46H46N3O.Pt/c1-44(2,3)32-20-22-35(23-21-32)49-39-18-13-17-37(36-16-10-11-19-40(36)50)42(39)48-43(49)30-15-12-14-29(24-30)38-27-33(45(4,5)6)25-31-26-34(46(7,8)9)28-47-41(31)38;/h10-23,25-28,50H,1-9H3;/q-1;. The first kappa shape index (κ1) is 36.3. The molecule has 0 spiro atoms. The first-order chi connectivity index (χ1) is 23.6. The van der Waals surface area contributed by atoms with Gasteiger partial charge in [0.2, 0.25) is 0 Å². The summed E-state index contributed by atoms with van der Waals surface area (Å²) in [6, 6.07) is 39.4. The van der Waals surface area contributed by atoms with Crippen LogP contribution in [-0.2, 0) is 37.3 Å². The third-order valence-corrected chi connectivity index (χ3v) is 9.71. The number of hydrogen-bond acceptors (Lipinski definition) is 3. The van der Waals surface area contributed by atoms with Crippen molar-refractivity contribution in [3.05, 3.63) is 132 Å². The molecule has 4 nitrogen and oxygen atoms in total. The van der Waals surface area contributed by atoms with Gasteiger partial charge in [-0.15, -0.1) is 29.8 Å². The zero-order chi connectivity index (χ0) is 35.6. The van der Waals surface area contributed by atoms with E-state index in [0.29, 0.717) is 0 Å². The molecule has 2 aromatic heterocycles. The number of pyridine rings is 1. The first-order valence-electron chi connectivity index (χ1n) is 17.5. The molecule has 0 radical (unpaired) electrons. The van der Waals surface area contributed by atoms with Gasteiger partial charge in [0.05, 0.1) is 16.9 Å². The summed E-state index contributed by atoms with van der Waals surface area (Å²) in [6.45, 7) is 20.2. The molecule has 0 aliphatic heterocycles. The van der Waals surface area contributed by atoms with Gasteiger partial charge in [-0.3, -0.25) is 9.97 Å². The second kappa shape index (κ2) is 13.2. The number of imidazole rings is 1. The van der Waals surface area contributed by atoms with E-state index in [9.17, 15) is 5.11 Å². The Kier molecular flexibility index (Phi) is 9.40. The van der Waals surface area contributed by atoms with Crippen molar-refractivity contribution in [3.63, 3.8) is 0 Å². The number of rotatable bonds is 4. The quantitative estimate of drug-likeness (QED) is 0.180. The van der Waals surface area contributed by atoms with Crippen LogP contribution < -0.4 is 0 Å². The van der Waals surface area contributed by atoms with E-state index in [1.165, 1.54) is 16.7 Å². The van der Waals surface area contributed by atoms with Crippen molar-refractivity contribution in [2.45, 2.75) is 78.6 Å². The van der Waals surface area contributed by atoms with E-state index in [1.54, 1.807) is 6.07 Å². The van der Waals surface area contributed by atoms with Crippen LogP contribution in [0.25, 0.3) is 61.3 Å². The molecular weight excluding hydrogens is 806 g/mol. The van der Waals surface area contributed by atoms with Crippen molar-refractivity contribution < 1.29 is 26.2 Å². The molecule has 0 amide bonds. The van der Waals surface area contributed by atoms with Crippen molar-refractivity contribution in [2.24, 2.45) is 0 Å². The van der Waals surface area contributed by atoms with Gasteiger partial charge >= 0.3 is 0 Å². The fourth-order valence-electron chi connectivity index (χ4n) is 6.63. The molecule has 0 unspecified atom stereocenters. The largest absolute Gasteiger partial charge is 0.507 e. The molecule has 1 N–H and O–H groups in total. The number of fused-ring (bicyclic) bond motifs is 2. The topological polar surface area (TPSA) is 50.9 Å². The molecule has 0 fully saturated rings. The number of phenolic OH excluding ortho intramolecular Hbond substituents is 1. The van der Waals surface area contributed by atoms with E-state index >= 15 is 0 Å². The summed E-state index contributed by atoms with van der Waals surface area (Å²) in [4.78, 5) is 10.4. The van der Waals surface area contributed by atoms with Gasteiger partial charge in [-0.1, -0.05) is 128 Å². The SMILES string of the molecule is CC(C)(C)c1ccc(-n2c(-c3[c-]c(-c4cc(C(C)(C)C)cc5cc(C(C)(C)C)cnc45)ccc3)nc3c(-c4ccccc4O)cccc32)cc1.[Pt]. The molecule has 0 aliphatic carbocycles. The summed E-state index contributed by atoms with van der Waals surface area (Å²) < 4.78 is 2.22. The molecule has 0 saturated heterocycles. The van der Waals surface area contributed by atoms with E-state index in [-0.39, 0.29) is 43.1 Å². The molecule has 0 saturated carbocycles. The van der Waals surface area contributed by atoms with Crippen LogP contribution in [-0.4, -0.2) is 19.6 Å². The average molecular weight is 852 g/mol. The Labute approximate surface area is 316 Å². The van der Waals surface area contributed by atoms with Gasteiger partial charge in [0.25, 0.3) is 0 Å². The Morgan fingerprint density at radius 1 is 0.569 bits per heavy atom. The van der Waals surface area contributed by atoms with E-state index < -0.39 is 0 Å². The number of nitrogens with zero attached hydrogens (tertiary/aromatic N) is 3. The summed E-state index contributed by atoms with van der Waals surface area (Å²) in [5, 5.41) is 12.0. The predicted molar refractivity (Wildman–Crippen MR) is 209 cm³/mol. The number of aromatic hydroxyl groups is 1. The van der Waals surface area contributed by atoms with Crippen molar-refractivity contribution >= 4 is 21.9 Å². The Bertz CT molecular complexity index is 2380. The summed E-state index contributed by atoms with van der Waals surface area (Å²) in [5.74, 6) is 1.01. The van der Waals surface area contributed by atoms with E-state index in [1.807, 2.05) is 36.5 Å². The Morgan fingerprint density at radius 2 is 1.18 bits per heavy atom. The zero-order valence-electron chi connectivity index (χ0n) is 31.0. The number of benzene rings is 5. The zero-order valence-corrected chi connectivity index (χ0v) is 33.3. The van der Waals surface area contributed by atoms with Crippen LogP contribution >= 0.6 is 0 Å². The smallest absolute Gasteiger partial charge is 0.123 e. The number of para-hydroxylation sites is 2. The van der Waals surface area contributed by atoms with Gasteiger partial charge in [0, 0.05) is 49.6 Å². The molecule has 262 valence electrons. The summed E-state index contributed by atoms with van der Waals surface area (Å²) >= 11 is 0. The molecule has 51 heavy (non-hydrogen) atoms. The summed E-state index contributed by atoms with van der Waals surface area (Å²) in [5.41, 5.74) is 12.0. The van der Waals surface area contributed by atoms with Crippen LogP contribution in [0.4, 0.5) is 0 Å². The maximum absolute atomic E-state index is 10.9. The first-order valence-corrected chi connectivity index (χ1v) is 17.5. The van der Waals surface area contributed by atoms with Crippen molar-refractivity contribution in [2.75, 3.05) is 0 Å². The predicted octanol–water partition coefficient (Wildman–Crippen LogP) is 12.0. The normalized spacial score (nSPS) is 12.3. The molecule has 7 rings (SSSR count). The average Bonchev–Trinajstić information content (AvgIpc) is 3.47. The van der Waals surface area contributed by atoms with Crippen LogP contribution in [0.3, 0.4) is 0 Å². The van der Waals surface area contributed by atoms with Gasteiger partial charge in [0.1, 0.15) is 5.75 Å². The molecule has 0 aliphatic rings. The minimum Gasteiger partial charge on any atom is -0.507 e. The molecule has 2 heterocycles. The molecule has 5 heteroatoms. The fourth-order valence-corrected chi connectivity index (χ4v) is 6.63. The monoisotopic (exact) mass is 851 g/mol. The minimum atomic E-state index is -0.0507. The van der Waals surface area contributed by atoms with Gasteiger partial charge in [-0.05, 0) is 68.7 Å². The fraction of sp³-hybridized carbons (Fsp3) is 0.261. The van der Waals surface area contributed by atoms with E-state index in [0.717, 1.165) is 61.3 Å². The Hall–Kier alpha value is -4.53. The number of aromatic nitrogens is 3. The molecular formula is C46H46N3OPt-. The molecule has 5 aromatic carbocycles. The molecule has 7 aromatic rings. The van der Waals surface area contributed by atoms with Gasteiger partial charge in [-0.25, -0.2) is 0 Å².